The van der Waals surface area contributed by atoms with Crippen LogP contribution in [0.15, 0.2) is 109 Å². The Kier molecular flexibility index (Phi) is 5.61. The minimum Gasteiger partial charge on any atom is -0.364 e. The maximum atomic E-state index is 14.3. The van der Waals surface area contributed by atoms with Crippen molar-refractivity contribution in [1.29, 1.82) is 0 Å². The smallest absolute Gasteiger partial charge is 0.332 e. The van der Waals surface area contributed by atoms with Gasteiger partial charge in [-0.2, -0.15) is 0 Å². The summed E-state index contributed by atoms with van der Waals surface area (Å²) < 4.78 is 0. The van der Waals surface area contributed by atoms with Crippen LogP contribution in [-0.2, 0) is 11.3 Å². The highest BCUT2D eigenvalue weighted by molar-refractivity contribution is 6.31. The minimum absolute atomic E-state index is 0.373. The number of carbonyl (C=O) groups excluding carboxylic acids is 1. The number of carbonyl (C=O) groups is 1. The zero-order valence-corrected chi connectivity index (χ0v) is 19.9. The number of aliphatic hydroxyl groups is 1. The van der Waals surface area contributed by atoms with Gasteiger partial charge in [-0.1, -0.05) is 83.9 Å². The molecule has 1 saturated heterocycles. The fourth-order valence-corrected chi connectivity index (χ4v) is 5.08. The quantitative estimate of drug-likeness (QED) is 0.330. The van der Waals surface area contributed by atoms with Crippen molar-refractivity contribution in [2.75, 3.05) is 9.80 Å². The molecule has 4 nitrogen and oxygen atoms in total. The molecule has 1 N–H and O–H groups in total. The van der Waals surface area contributed by atoms with Gasteiger partial charge in [0.15, 0.2) is 0 Å². The Bertz CT molecular complexity index is 1210. The van der Waals surface area contributed by atoms with Crippen LogP contribution in [0.3, 0.4) is 0 Å². The van der Waals surface area contributed by atoms with E-state index in [0.717, 1.165) is 5.56 Å². The Hall–Kier alpha value is -3.31. The number of halogens is 2. The summed E-state index contributed by atoms with van der Waals surface area (Å²) in [6, 6.07) is 32.4. The van der Waals surface area contributed by atoms with Crippen molar-refractivity contribution in [2.24, 2.45) is 0 Å². The van der Waals surface area contributed by atoms with Gasteiger partial charge in [0.05, 0.1) is 0 Å². The summed E-state index contributed by atoms with van der Waals surface area (Å²) in [5.74, 6) is 0. The number of benzene rings is 4. The molecule has 34 heavy (non-hydrogen) atoms. The van der Waals surface area contributed by atoms with Gasteiger partial charge in [-0.05, 0) is 61.0 Å². The van der Waals surface area contributed by atoms with Crippen LogP contribution in [0.25, 0.3) is 0 Å². The zero-order chi connectivity index (χ0) is 23.9. The Balaban J connectivity index is 1.85. The van der Waals surface area contributed by atoms with Gasteiger partial charge in [-0.15, -0.1) is 0 Å². The molecule has 0 aromatic heterocycles. The van der Waals surface area contributed by atoms with E-state index >= 15 is 0 Å². The van der Waals surface area contributed by atoms with E-state index in [9.17, 15) is 9.90 Å². The highest BCUT2D eigenvalue weighted by Gasteiger charge is 2.67. The number of anilines is 2. The first-order valence-electron chi connectivity index (χ1n) is 10.9. The molecule has 0 saturated carbocycles. The summed E-state index contributed by atoms with van der Waals surface area (Å²) in [6.45, 7) is 1.89. The van der Waals surface area contributed by atoms with Gasteiger partial charge in [0.25, 0.3) is 0 Å². The topological polar surface area (TPSA) is 43.8 Å². The van der Waals surface area contributed by atoms with Crippen LogP contribution in [0.4, 0.5) is 16.2 Å². The zero-order valence-electron chi connectivity index (χ0n) is 18.4. The highest BCUT2D eigenvalue weighted by Crippen LogP contribution is 2.55. The van der Waals surface area contributed by atoms with Crippen molar-refractivity contribution in [3.05, 3.63) is 130 Å². The second-order valence-corrected chi connectivity index (χ2v) is 9.26. The molecule has 1 fully saturated rings. The van der Waals surface area contributed by atoms with Crippen LogP contribution in [0.5, 0.6) is 0 Å². The Morgan fingerprint density at radius 3 is 1.50 bits per heavy atom. The molecule has 4 aromatic rings. The molecule has 0 radical (unpaired) electrons. The van der Waals surface area contributed by atoms with Gasteiger partial charge in [0.2, 0.25) is 5.72 Å². The van der Waals surface area contributed by atoms with Crippen LogP contribution in [0.1, 0.15) is 18.1 Å². The first-order valence-corrected chi connectivity index (χ1v) is 11.6. The number of hydrogen-bond donors (Lipinski definition) is 1. The SMILES string of the molecule is C[C@]1(c2ccccc2)N(c2ccc(Cl)cc2)C(=O)N(c2ccc(Cl)cc2)[C@]1(O)c1ccccc1. The lowest BCUT2D eigenvalue weighted by atomic mass is 9.76. The molecule has 1 aliphatic rings. The Morgan fingerprint density at radius 1 is 0.618 bits per heavy atom. The molecule has 2 atom stereocenters. The van der Waals surface area contributed by atoms with E-state index < -0.39 is 11.3 Å². The van der Waals surface area contributed by atoms with Gasteiger partial charge >= 0.3 is 6.03 Å². The van der Waals surface area contributed by atoms with Crippen molar-refractivity contribution >= 4 is 40.6 Å². The molecule has 0 aliphatic carbocycles. The van der Waals surface area contributed by atoms with E-state index in [1.807, 2.05) is 67.6 Å². The number of amides is 2. The molecule has 0 bridgehead atoms. The maximum absolute atomic E-state index is 14.3. The third-order valence-electron chi connectivity index (χ3n) is 6.51. The molecule has 1 aliphatic heterocycles. The van der Waals surface area contributed by atoms with Crippen molar-refractivity contribution in [2.45, 2.75) is 18.2 Å². The standard InChI is InChI=1S/C28H22Cl2N2O2/c1-27(20-8-4-2-5-9-20)28(34,21-10-6-3-7-11-21)32(25-18-14-23(30)15-19-25)26(33)31(27)24-16-12-22(29)13-17-24/h2-19,34H,1H3/t27-,28+/m1/s1. The average molecular weight is 489 g/mol. The Labute approximate surface area is 208 Å². The first kappa shape index (κ1) is 22.5. The molecule has 2 amide bonds. The second-order valence-electron chi connectivity index (χ2n) is 8.38. The Morgan fingerprint density at radius 2 is 1.03 bits per heavy atom. The summed E-state index contributed by atoms with van der Waals surface area (Å²) in [5.41, 5.74) is -0.464. The maximum Gasteiger partial charge on any atom is 0.332 e. The number of hydrogen-bond acceptors (Lipinski definition) is 2. The van der Waals surface area contributed by atoms with Gasteiger partial charge < -0.3 is 5.11 Å². The summed E-state index contributed by atoms with van der Waals surface area (Å²) in [6.07, 6.45) is 0. The summed E-state index contributed by atoms with van der Waals surface area (Å²) in [7, 11) is 0. The second kappa shape index (κ2) is 8.48. The minimum atomic E-state index is -1.76. The molecule has 5 rings (SSSR count). The average Bonchev–Trinajstić information content (AvgIpc) is 3.05. The normalized spacial score (nSPS) is 22.3. The van der Waals surface area contributed by atoms with Gasteiger partial charge in [-0.3, -0.25) is 9.80 Å². The molecule has 4 aromatic carbocycles. The third-order valence-corrected chi connectivity index (χ3v) is 7.02. The summed E-state index contributed by atoms with van der Waals surface area (Å²) in [5, 5.41) is 13.9. The molecule has 1 heterocycles. The lowest BCUT2D eigenvalue weighted by Crippen LogP contribution is -2.56. The van der Waals surface area contributed by atoms with E-state index in [2.05, 4.69) is 0 Å². The number of urea groups is 1. The van der Waals surface area contributed by atoms with Crippen LogP contribution in [-0.4, -0.2) is 11.1 Å². The number of rotatable bonds is 4. The van der Waals surface area contributed by atoms with Crippen molar-refractivity contribution < 1.29 is 9.90 Å². The largest absolute Gasteiger partial charge is 0.364 e. The predicted molar refractivity (Wildman–Crippen MR) is 137 cm³/mol. The van der Waals surface area contributed by atoms with E-state index in [1.54, 1.807) is 53.4 Å². The predicted octanol–water partition coefficient (Wildman–Crippen LogP) is 7.20. The van der Waals surface area contributed by atoms with Gasteiger partial charge in [0, 0.05) is 27.0 Å². The molecule has 0 spiro atoms. The lowest BCUT2D eigenvalue weighted by Gasteiger charge is -2.45. The van der Waals surface area contributed by atoms with Crippen LogP contribution < -0.4 is 9.80 Å². The molecule has 170 valence electrons. The monoisotopic (exact) mass is 488 g/mol. The van der Waals surface area contributed by atoms with E-state index in [-0.39, 0.29) is 6.03 Å². The fraction of sp³-hybridized carbons (Fsp3) is 0.107. The van der Waals surface area contributed by atoms with Crippen LogP contribution in [0, 0.1) is 0 Å². The third kappa shape index (κ3) is 3.30. The molecular formula is C28H22Cl2N2O2. The fourth-order valence-electron chi connectivity index (χ4n) is 4.82. The number of nitrogens with zero attached hydrogens (tertiary/aromatic N) is 2. The summed E-state index contributed by atoms with van der Waals surface area (Å²) in [4.78, 5) is 17.4. The summed E-state index contributed by atoms with van der Waals surface area (Å²) >= 11 is 12.3. The van der Waals surface area contributed by atoms with Gasteiger partial charge in [-0.25, -0.2) is 4.79 Å². The lowest BCUT2D eigenvalue weighted by molar-refractivity contribution is -0.0125. The van der Waals surface area contributed by atoms with Crippen molar-refractivity contribution in [1.82, 2.24) is 0 Å². The van der Waals surface area contributed by atoms with Crippen LogP contribution >= 0.6 is 23.2 Å². The van der Waals surface area contributed by atoms with E-state index in [4.69, 9.17) is 23.2 Å². The molecule has 0 unspecified atom stereocenters. The van der Waals surface area contributed by atoms with E-state index in [1.165, 1.54) is 4.90 Å². The van der Waals surface area contributed by atoms with Crippen molar-refractivity contribution in [3.8, 4) is 0 Å². The molecular weight excluding hydrogens is 467 g/mol. The van der Waals surface area contributed by atoms with E-state index in [0.29, 0.717) is 27.0 Å². The van der Waals surface area contributed by atoms with Crippen molar-refractivity contribution in [3.63, 3.8) is 0 Å². The van der Waals surface area contributed by atoms with Crippen LogP contribution in [0.2, 0.25) is 10.0 Å². The van der Waals surface area contributed by atoms with Gasteiger partial charge in [0.1, 0.15) is 5.54 Å². The highest BCUT2D eigenvalue weighted by atomic mass is 35.5. The molecule has 6 heteroatoms. The first-order chi connectivity index (χ1) is 16.4.